The minimum Gasteiger partial charge on any atom is -0.486 e. The monoisotopic (exact) mass is 352 g/mol. The van der Waals surface area contributed by atoms with Gasteiger partial charge in [0.05, 0.1) is 22.3 Å². The predicted octanol–water partition coefficient (Wildman–Crippen LogP) is 3.72. The topological polar surface area (TPSA) is 88.6 Å². The Kier molecular flexibility index (Phi) is 4.14. The van der Waals surface area contributed by atoms with E-state index in [0.717, 1.165) is 16.8 Å². The number of rotatable bonds is 5. The molecule has 4 rings (SSSR count). The fourth-order valence-corrected chi connectivity index (χ4v) is 2.57. The smallest absolute Gasteiger partial charge is 0.160 e. The van der Waals surface area contributed by atoms with Gasteiger partial charge >= 0.3 is 0 Å². The quantitative estimate of drug-likeness (QED) is 0.569. The second-order valence-corrected chi connectivity index (χ2v) is 5.64. The van der Waals surface area contributed by atoms with E-state index in [9.17, 15) is 0 Å². The van der Waals surface area contributed by atoms with Crippen molar-refractivity contribution >= 4 is 34.1 Å². The molecule has 3 heterocycles. The minimum atomic E-state index is 0.356. The standard InChI is InChI=1S/C17H13ClN6O/c18-14-7-11(23-16-13-8-22-24-17(13)21-10-20-16)4-5-15(14)25-9-12-3-1-2-6-19-12/h1-8,10H,9H2,(H2,20,21,22,23,24). The number of hydrogen-bond donors (Lipinski definition) is 2. The zero-order valence-corrected chi connectivity index (χ0v) is 13.7. The van der Waals surface area contributed by atoms with E-state index in [1.165, 1.54) is 6.33 Å². The van der Waals surface area contributed by atoms with Crippen LogP contribution in [0.4, 0.5) is 11.5 Å². The average Bonchev–Trinajstić information content (AvgIpc) is 3.12. The summed E-state index contributed by atoms with van der Waals surface area (Å²) in [5.74, 6) is 1.24. The first kappa shape index (κ1) is 15.3. The third-order valence-electron chi connectivity index (χ3n) is 3.54. The molecule has 0 aliphatic rings. The van der Waals surface area contributed by atoms with Gasteiger partial charge in [0, 0.05) is 11.9 Å². The lowest BCUT2D eigenvalue weighted by atomic mass is 10.3. The van der Waals surface area contributed by atoms with Gasteiger partial charge in [0.2, 0.25) is 0 Å². The number of halogens is 1. The lowest BCUT2D eigenvalue weighted by Crippen LogP contribution is -1.99. The number of aromatic nitrogens is 5. The van der Waals surface area contributed by atoms with Crippen molar-refractivity contribution in [3.8, 4) is 5.75 Å². The Bertz CT molecular complexity index is 1000. The molecule has 0 amide bonds. The minimum absolute atomic E-state index is 0.356. The van der Waals surface area contributed by atoms with Crippen LogP contribution in [0.25, 0.3) is 11.0 Å². The second-order valence-electron chi connectivity index (χ2n) is 5.23. The van der Waals surface area contributed by atoms with Gasteiger partial charge in [-0.25, -0.2) is 9.97 Å². The number of benzene rings is 1. The fourth-order valence-electron chi connectivity index (χ4n) is 2.33. The number of aromatic amines is 1. The van der Waals surface area contributed by atoms with E-state index in [2.05, 4.69) is 30.5 Å². The number of H-pyrrole nitrogens is 1. The van der Waals surface area contributed by atoms with E-state index in [4.69, 9.17) is 16.3 Å². The van der Waals surface area contributed by atoms with Crippen LogP contribution in [-0.4, -0.2) is 25.1 Å². The van der Waals surface area contributed by atoms with E-state index in [1.54, 1.807) is 24.5 Å². The Morgan fingerprint density at radius 1 is 1.12 bits per heavy atom. The van der Waals surface area contributed by atoms with Crippen LogP contribution in [-0.2, 0) is 6.61 Å². The first-order valence-corrected chi connectivity index (χ1v) is 7.91. The molecule has 0 saturated carbocycles. The van der Waals surface area contributed by atoms with Crippen molar-refractivity contribution in [2.75, 3.05) is 5.32 Å². The number of ether oxygens (including phenoxy) is 1. The van der Waals surface area contributed by atoms with Crippen LogP contribution in [0, 0.1) is 0 Å². The second kappa shape index (κ2) is 6.74. The van der Waals surface area contributed by atoms with Gasteiger partial charge in [0.25, 0.3) is 0 Å². The van der Waals surface area contributed by atoms with E-state index < -0.39 is 0 Å². The molecule has 7 nitrogen and oxygen atoms in total. The molecule has 0 aliphatic heterocycles. The molecule has 25 heavy (non-hydrogen) atoms. The third kappa shape index (κ3) is 3.36. The van der Waals surface area contributed by atoms with Crippen molar-refractivity contribution in [3.63, 3.8) is 0 Å². The molecule has 0 saturated heterocycles. The Hall–Kier alpha value is -3.19. The maximum atomic E-state index is 6.32. The van der Waals surface area contributed by atoms with Crippen molar-refractivity contribution in [1.29, 1.82) is 0 Å². The number of pyridine rings is 1. The number of anilines is 2. The molecule has 0 spiro atoms. The van der Waals surface area contributed by atoms with E-state index in [0.29, 0.717) is 28.8 Å². The summed E-state index contributed by atoms with van der Waals surface area (Å²) < 4.78 is 5.72. The lowest BCUT2D eigenvalue weighted by molar-refractivity contribution is 0.301. The molecule has 0 unspecified atom stereocenters. The lowest BCUT2D eigenvalue weighted by Gasteiger charge is -2.10. The van der Waals surface area contributed by atoms with Gasteiger partial charge in [-0.15, -0.1) is 0 Å². The molecule has 0 bridgehead atoms. The molecule has 0 radical (unpaired) electrons. The Morgan fingerprint density at radius 2 is 2.08 bits per heavy atom. The highest BCUT2D eigenvalue weighted by Crippen LogP contribution is 2.30. The Balaban J connectivity index is 1.51. The number of nitrogens with one attached hydrogen (secondary N) is 2. The first-order chi connectivity index (χ1) is 12.3. The van der Waals surface area contributed by atoms with Crippen LogP contribution in [0.2, 0.25) is 5.02 Å². The Labute approximate surface area is 148 Å². The van der Waals surface area contributed by atoms with Gasteiger partial charge in [-0.05, 0) is 30.3 Å². The maximum absolute atomic E-state index is 6.32. The van der Waals surface area contributed by atoms with Crippen molar-refractivity contribution < 1.29 is 4.74 Å². The van der Waals surface area contributed by atoms with Crippen LogP contribution < -0.4 is 10.1 Å². The highest BCUT2D eigenvalue weighted by Gasteiger charge is 2.08. The summed E-state index contributed by atoms with van der Waals surface area (Å²) in [6.45, 7) is 0.356. The molecular formula is C17H13ClN6O. The van der Waals surface area contributed by atoms with Crippen molar-refractivity contribution in [1.82, 2.24) is 25.1 Å². The van der Waals surface area contributed by atoms with Gasteiger partial charge in [-0.3, -0.25) is 10.1 Å². The predicted molar refractivity (Wildman–Crippen MR) is 95.0 cm³/mol. The molecule has 1 aromatic carbocycles. The molecule has 2 N–H and O–H groups in total. The van der Waals surface area contributed by atoms with Crippen molar-refractivity contribution in [2.45, 2.75) is 6.61 Å². The SMILES string of the molecule is Clc1cc(Nc2ncnc3[nH]ncc23)ccc1OCc1ccccn1. The summed E-state index contributed by atoms with van der Waals surface area (Å²) in [5.41, 5.74) is 2.29. The molecular weight excluding hydrogens is 340 g/mol. The molecule has 0 aliphatic carbocycles. The number of hydrogen-bond acceptors (Lipinski definition) is 6. The van der Waals surface area contributed by atoms with Gasteiger partial charge in [0.15, 0.2) is 5.65 Å². The van der Waals surface area contributed by atoms with Crippen LogP contribution in [0.1, 0.15) is 5.69 Å². The van der Waals surface area contributed by atoms with E-state index in [1.807, 2.05) is 24.3 Å². The molecule has 0 atom stereocenters. The summed E-state index contributed by atoms with van der Waals surface area (Å²) >= 11 is 6.32. The zero-order valence-electron chi connectivity index (χ0n) is 13.0. The van der Waals surface area contributed by atoms with Gasteiger partial charge in [-0.2, -0.15) is 5.10 Å². The molecule has 8 heteroatoms. The third-order valence-corrected chi connectivity index (χ3v) is 3.84. The summed E-state index contributed by atoms with van der Waals surface area (Å²) in [6.07, 6.45) is 4.87. The van der Waals surface area contributed by atoms with Gasteiger partial charge in [0.1, 0.15) is 24.5 Å². The van der Waals surface area contributed by atoms with Crippen LogP contribution in [0.3, 0.4) is 0 Å². The molecule has 124 valence electrons. The highest BCUT2D eigenvalue weighted by molar-refractivity contribution is 6.32. The van der Waals surface area contributed by atoms with Crippen molar-refractivity contribution in [2.24, 2.45) is 0 Å². The molecule has 4 aromatic rings. The molecule has 3 aromatic heterocycles. The summed E-state index contributed by atoms with van der Waals surface area (Å²) in [5, 5.41) is 11.3. The van der Waals surface area contributed by atoms with Crippen LogP contribution in [0.15, 0.2) is 55.1 Å². The first-order valence-electron chi connectivity index (χ1n) is 7.53. The molecule has 0 fully saturated rings. The highest BCUT2D eigenvalue weighted by atomic mass is 35.5. The normalized spacial score (nSPS) is 10.8. The summed E-state index contributed by atoms with van der Waals surface area (Å²) in [6, 6.07) is 11.1. The fraction of sp³-hybridized carbons (Fsp3) is 0.0588. The van der Waals surface area contributed by atoms with Gasteiger partial charge < -0.3 is 10.1 Å². The van der Waals surface area contributed by atoms with Crippen LogP contribution in [0.5, 0.6) is 5.75 Å². The van der Waals surface area contributed by atoms with Gasteiger partial charge in [-0.1, -0.05) is 17.7 Å². The summed E-state index contributed by atoms with van der Waals surface area (Å²) in [4.78, 5) is 12.6. The Morgan fingerprint density at radius 3 is 2.92 bits per heavy atom. The van der Waals surface area contributed by atoms with E-state index >= 15 is 0 Å². The largest absolute Gasteiger partial charge is 0.486 e. The van der Waals surface area contributed by atoms with Crippen LogP contribution >= 0.6 is 11.6 Å². The average molecular weight is 353 g/mol. The maximum Gasteiger partial charge on any atom is 0.160 e. The zero-order chi connectivity index (χ0) is 17.1. The number of fused-ring (bicyclic) bond motifs is 1. The van der Waals surface area contributed by atoms with E-state index in [-0.39, 0.29) is 0 Å². The van der Waals surface area contributed by atoms with Crippen molar-refractivity contribution in [3.05, 3.63) is 65.8 Å². The number of nitrogens with zero attached hydrogens (tertiary/aromatic N) is 4. The summed E-state index contributed by atoms with van der Waals surface area (Å²) in [7, 11) is 0.